The first-order valence-corrected chi connectivity index (χ1v) is 4.24. The maximum absolute atomic E-state index is 9.46. The van der Waals surface area contributed by atoms with E-state index in [1.165, 1.54) is 0 Å². The zero-order chi connectivity index (χ0) is 10.7. The molecule has 1 aliphatic heterocycles. The molecule has 6 N–H and O–H groups in total. The number of rotatable bonds is 3. The molecule has 84 valence electrons. The standard InChI is InChI=1S/C7H15NO6/c8-2-13-6-5(11)4(10)3(1-9)14-7(6)12/h3-7,9-12H,1-2,8H2/t3-,4-,5+,6+,7+/m1/s1. The largest absolute Gasteiger partial charge is 0.394 e. The van der Waals surface area contributed by atoms with Crippen molar-refractivity contribution < 1.29 is 29.9 Å². The molecule has 1 saturated heterocycles. The maximum Gasteiger partial charge on any atom is 0.184 e. The average molecular weight is 209 g/mol. The third-order valence-electron chi connectivity index (χ3n) is 2.13. The van der Waals surface area contributed by atoms with Crippen molar-refractivity contribution in [1.82, 2.24) is 0 Å². The van der Waals surface area contributed by atoms with Crippen LogP contribution in [-0.2, 0) is 9.47 Å². The Bertz CT molecular complexity index is 180. The Labute approximate surface area is 80.7 Å². The first-order valence-electron chi connectivity index (χ1n) is 4.24. The van der Waals surface area contributed by atoms with Crippen molar-refractivity contribution in [2.45, 2.75) is 30.7 Å². The summed E-state index contributed by atoms with van der Waals surface area (Å²) >= 11 is 0. The minimum absolute atomic E-state index is 0.210. The van der Waals surface area contributed by atoms with Gasteiger partial charge in [0.15, 0.2) is 6.29 Å². The monoisotopic (exact) mass is 209 g/mol. The minimum atomic E-state index is -1.41. The summed E-state index contributed by atoms with van der Waals surface area (Å²) in [5, 5.41) is 36.9. The summed E-state index contributed by atoms with van der Waals surface area (Å²) in [5.74, 6) is 0. The number of hydrogen-bond donors (Lipinski definition) is 5. The number of aliphatic hydroxyl groups excluding tert-OH is 4. The van der Waals surface area contributed by atoms with Crippen molar-refractivity contribution in [1.29, 1.82) is 0 Å². The second kappa shape index (κ2) is 4.99. The van der Waals surface area contributed by atoms with Crippen LogP contribution in [-0.4, -0.2) is 64.5 Å². The zero-order valence-corrected chi connectivity index (χ0v) is 7.48. The molecule has 7 nitrogen and oxygen atoms in total. The molecule has 0 saturated carbocycles. The molecule has 7 heteroatoms. The van der Waals surface area contributed by atoms with Gasteiger partial charge in [0, 0.05) is 0 Å². The van der Waals surface area contributed by atoms with Gasteiger partial charge in [0.25, 0.3) is 0 Å². The quantitative estimate of drug-likeness (QED) is 0.308. The van der Waals surface area contributed by atoms with Crippen molar-refractivity contribution in [3.8, 4) is 0 Å². The molecule has 0 aromatic carbocycles. The third kappa shape index (κ3) is 2.20. The Morgan fingerprint density at radius 2 is 1.86 bits per heavy atom. The van der Waals surface area contributed by atoms with Crippen LogP contribution in [0.1, 0.15) is 0 Å². The van der Waals surface area contributed by atoms with Crippen LogP contribution in [0.3, 0.4) is 0 Å². The minimum Gasteiger partial charge on any atom is -0.394 e. The van der Waals surface area contributed by atoms with Gasteiger partial charge in [-0.2, -0.15) is 0 Å². The summed E-state index contributed by atoms with van der Waals surface area (Å²) in [4.78, 5) is 0. The molecule has 0 aromatic rings. The fourth-order valence-corrected chi connectivity index (χ4v) is 1.36. The Kier molecular flexibility index (Phi) is 4.20. The zero-order valence-electron chi connectivity index (χ0n) is 7.48. The van der Waals surface area contributed by atoms with Crippen LogP contribution >= 0.6 is 0 Å². The van der Waals surface area contributed by atoms with Gasteiger partial charge < -0.3 is 35.6 Å². The highest BCUT2D eigenvalue weighted by atomic mass is 16.7. The van der Waals surface area contributed by atoms with Gasteiger partial charge in [0.05, 0.1) is 13.3 Å². The van der Waals surface area contributed by atoms with Crippen LogP contribution in [0, 0.1) is 0 Å². The topological polar surface area (TPSA) is 125 Å². The van der Waals surface area contributed by atoms with Crippen molar-refractivity contribution in [3.63, 3.8) is 0 Å². The molecular formula is C7H15NO6. The van der Waals surface area contributed by atoms with Crippen LogP contribution in [0.4, 0.5) is 0 Å². The lowest BCUT2D eigenvalue weighted by atomic mass is 9.99. The number of ether oxygens (including phenoxy) is 2. The van der Waals surface area contributed by atoms with Gasteiger partial charge in [-0.3, -0.25) is 0 Å². The van der Waals surface area contributed by atoms with E-state index in [4.69, 9.17) is 20.3 Å². The van der Waals surface area contributed by atoms with Gasteiger partial charge in [0.1, 0.15) is 24.4 Å². The van der Waals surface area contributed by atoms with Crippen molar-refractivity contribution >= 4 is 0 Å². The molecule has 0 amide bonds. The second-order valence-corrected chi connectivity index (χ2v) is 3.03. The number of nitrogens with two attached hydrogens (primary N) is 1. The van der Waals surface area contributed by atoms with Crippen LogP contribution in [0.2, 0.25) is 0 Å². The second-order valence-electron chi connectivity index (χ2n) is 3.03. The van der Waals surface area contributed by atoms with E-state index in [0.29, 0.717) is 0 Å². The Balaban J connectivity index is 2.63. The first kappa shape index (κ1) is 11.8. The van der Waals surface area contributed by atoms with Crippen LogP contribution in [0.25, 0.3) is 0 Å². The van der Waals surface area contributed by atoms with Gasteiger partial charge in [-0.1, -0.05) is 0 Å². The normalized spacial score (nSPS) is 43.9. The summed E-state index contributed by atoms with van der Waals surface area (Å²) in [6.07, 6.45) is -6.16. The highest BCUT2D eigenvalue weighted by Gasteiger charge is 2.44. The maximum atomic E-state index is 9.46. The van der Waals surface area contributed by atoms with Gasteiger partial charge in [0.2, 0.25) is 0 Å². The summed E-state index contributed by atoms with van der Waals surface area (Å²) in [6.45, 7) is -0.705. The highest BCUT2D eigenvalue weighted by Crippen LogP contribution is 2.21. The predicted molar refractivity (Wildman–Crippen MR) is 43.9 cm³/mol. The van der Waals surface area contributed by atoms with E-state index < -0.39 is 37.3 Å². The Hall–Kier alpha value is -0.280. The van der Waals surface area contributed by atoms with E-state index in [1.807, 2.05) is 0 Å². The molecular weight excluding hydrogens is 194 g/mol. The third-order valence-corrected chi connectivity index (χ3v) is 2.13. The molecule has 1 fully saturated rings. The molecule has 1 heterocycles. The molecule has 1 rings (SSSR count). The van der Waals surface area contributed by atoms with E-state index >= 15 is 0 Å². The SMILES string of the molecule is NCO[C@H]1[C@@H](O)[C@H](O)[C@@H](CO)O[C@@H]1O. The van der Waals surface area contributed by atoms with Crippen LogP contribution < -0.4 is 5.73 Å². The van der Waals surface area contributed by atoms with E-state index in [1.54, 1.807) is 0 Å². The predicted octanol–water partition coefficient (Wildman–Crippen LogP) is -3.28. The van der Waals surface area contributed by atoms with E-state index in [0.717, 1.165) is 0 Å². The van der Waals surface area contributed by atoms with Gasteiger partial charge >= 0.3 is 0 Å². The smallest absolute Gasteiger partial charge is 0.184 e. The summed E-state index contributed by atoms with van der Waals surface area (Å²) in [7, 11) is 0. The lowest BCUT2D eigenvalue weighted by molar-refractivity contribution is -0.296. The molecule has 0 unspecified atom stereocenters. The van der Waals surface area contributed by atoms with E-state index in [2.05, 4.69) is 0 Å². The summed E-state index contributed by atoms with van der Waals surface area (Å²) in [5.41, 5.74) is 5.07. The fraction of sp³-hybridized carbons (Fsp3) is 1.00. The molecule has 0 spiro atoms. The molecule has 0 radical (unpaired) electrons. The number of aliphatic hydroxyl groups is 4. The molecule has 0 aliphatic carbocycles. The lowest BCUT2D eigenvalue weighted by Gasteiger charge is -2.39. The van der Waals surface area contributed by atoms with Gasteiger partial charge in [-0.15, -0.1) is 0 Å². The first-order chi connectivity index (χ1) is 6.61. The van der Waals surface area contributed by atoms with Gasteiger partial charge in [-0.05, 0) is 0 Å². The summed E-state index contributed by atoms with van der Waals surface area (Å²) < 4.78 is 9.58. The number of hydrogen-bond acceptors (Lipinski definition) is 7. The van der Waals surface area contributed by atoms with E-state index in [9.17, 15) is 15.3 Å². The van der Waals surface area contributed by atoms with E-state index in [-0.39, 0.29) is 6.73 Å². The Morgan fingerprint density at radius 1 is 1.21 bits per heavy atom. The summed E-state index contributed by atoms with van der Waals surface area (Å²) in [6, 6.07) is 0. The van der Waals surface area contributed by atoms with Crippen molar-refractivity contribution in [3.05, 3.63) is 0 Å². The molecule has 0 aromatic heterocycles. The molecule has 14 heavy (non-hydrogen) atoms. The lowest BCUT2D eigenvalue weighted by Crippen LogP contribution is -2.59. The Morgan fingerprint density at radius 3 is 2.36 bits per heavy atom. The van der Waals surface area contributed by atoms with Crippen molar-refractivity contribution in [2.75, 3.05) is 13.3 Å². The molecule has 1 aliphatic rings. The molecule has 0 bridgehead atoms. The van der Waals surface area contributed by atoms with Crippen LogP contribution in [0.15, 0.2) is 0 Å². The van der Waals surface area contributed by atoms with Crippen LogP contribution in [0.5, 0.6) is 0 Å². The van der Waals surface area contributed by atoms with Crippen molar-refractivity contribution in [2.24, 2.45) is 5.73 Å². The molecule has 5 atom stereocenters. The fourth-order valence-electron chi connectivity index (χ4n) is 1.36. The highest BCUT2D eigenvalue weighted by molar-refractivity contribution is 4.89. The average Bonchev–Trinajstić information content (AvgIpc) is 2.18. The van der Waals surface area contributed by atoms with Gasteiger partial charge in [-0.25, -0.2) is 0 Å².